The molecule has 2 fully saturated rings. The molecule has 2 atom stereocenters. The molecule has 7 heteroatoms. The minimum atomic E-state index is 0. The van der Waals surface area contributed by atoms with Gasteiger partial charge >= 0.3 is 0 Å². The number of furan rings is 1. The first kappa shape index (κ1) is 21.9. The van der Waals surface area contributed by atoms with Crippen molar-refractivity contribution < 1.29 is 4.42 Å². The third kappa shape index (κ3) is 6.64. The van der Waals surface area contributed by atoms with E-state index < -0.39 is 0 Å². The van der Waals surface area contributed by atoms with Gasteiger partial charge in [-0.05, 0) is 63.6 Å². The maximum Gasteiger partial charge on any atom is 0.191 e. The summed E-state index contributed by atoms with van der Waals surface area (Å²) >= 11 is 2.08. The molecule has 2 aliphatic rings. The van der Waals surface area contributed by atoms with E-state index in [0.29, 0.717) is 0 Å². The van der Waals surface area contributed by atoms with Crippen molar-refractivity contribution in [3.63, 3.8) is 0 Å². The van der Waals surface area contributed by atoms with E-state index in [4.69, 9.17) is 9.41 Å². The van der Waals surface area contributed by atoms with Crippen molar-refractivity contribution in [2.45, 2.75) is 50.3 Å². The fraction of sp³-hybridized carbons (Fsp3) is 0.737. The summed E-state index contributed by atoms with van der Waals surface area (Å²) in [5.74, 6) is 3.27. The molecule has 2 unspecified atom stereocenters. The van der Waals surface area contributed by atoms with Crippen LogP contribution in [-0.2, 0) is 0 Å². The summed E-state index contributed by atoms with van der Waals surface area (Å²) in [6, 6.07) is 4.31. The van der Waals surface area contributed by atoms with E-state index >= 15 is 0 Å². The van der Waals surface area contributed by atoms with Gasteiger partial charge in [-0.2, -0.15) is 11.8 Å². The number of nitrogens with one attached hydrogen (secondary N) is 2. The monoisotopic (exact) mass is 492 g/mol. The minimum Gasteiger partial charge on any atom is -0.468 e. The Bertz CT molecular complexity index is 514. The molecule has 0 amide bonds. The van der Waals surface area contributed by atoms with Crippen LogP contribution in [0.1, 0.15) is 50.8 Å². The summed E-state index contributed by atoms with van der Waals surface area (Å²) in [5.41, 5.74) is 0. The molecule has 3 rings (SSSR count). The highest BCUT2D eigenvalue weighted by molar-refractivity contribution is 14.0. The molecule has 1 aromatic heterocycles. The van der Waals surface area contributed by atoms with Crippen LogP contribution < -0.4 is 10.6 Å². The number of aliphatic imine (C=N–C) groups is 1. The Labute approximate surface area is 179 Å². The van der Waals surface area contributed by atoms with Crippen LogP contribution >= 0.6 is 35.7 Å². The fourth-order valence-electron chi connectivity index (χ4n) is 3.63. The number of nitrogens with zero attached hydrogens (tertiary/aromatic N) is 2. The van der Waals surface area contributed by atoms with Crippen LogP contribution in [0.25, 0.3) is 0 Å². The molecule has 0 saturated carbocycles. The van der Waals surface area contributed by atoms with Gasteiger partial charge in [0.1, 0.15) is 5.76 Å². The Hall–Kier alpha value is -0.410. The first-order valence-corrected chi connectivity index (χ1v) is 10.8. The third-order valence-electron chi connectivity index (χ3n) is 4.99. The van der Waals surface area contributed by atoms with Crippen LogP contribution in [-0.4, -0.2) is 54.6 Å². The Morgan fingerprint density at radius 1 is 1.31 bits per heavy atom. The lowest BCUT2D eigenvalue weighted by Crippen LogP contribution is -2.41. The second kappa shape index (κ2) is 12.1. The Morgan fingerprint density at radius 3 is 2.81 bits per heavy atom. The zero-order valence-electron chi connectivity index (χ0n) is 15.8. The average Bonchev–Trinajstić information content (AvgIpc) is 3.35. The number of hydrogen-bond donors (Lipinski definition) is 2. The molecule has 2 saturated heterocycles. The van der Waals surface area contributed by atoms with Gasteiger partial charge in [0.05, 0.1) is 18.8 Å². The summed E-state index contributed by atoms with van der Waals surface area (Å²) in [4.78, 5) is 7.42. The average molecular weight is 492 g/mol. The first-order chi connectivity index (χ1) is 12.4. The maximum absolute atomic E-state index is 5.73. The molecular formula is C19H33IN4OS. The molecule has 3 heterocycles. The third-order valence-corrected chi connectivity index (χ3v) is 6.39. The number of thioether (sulfide) groups is 1. The Balaban J connectivity index is 0.00000243. The highest BCUT2D eigenvalue weighted by atomic mass is 127. The molecule has 148 valence electrons. The summed E-state index contributed by atoms with van der Waals surface area (Å²) < 4.78 is 5.73. The highest BCUT2D eigenvalue weighted by Crippen LogP contribution is 2.26. The van der Waals surface area contributed by atoms with Crippen molar-refractivity contribution in [3.8, 4) is 0 Å². The Kier molecular flexibility index (Phi) is 10.2. The van der Waals surface area contributed by atoms with Gasteiger partial charge in [-0.15, -0.1) is 24.0 Å². The number of rotatable bonds is 7. The molecular weight excluding hydrogens is 459 g/mol. The lowest BCUT2D eigenvalue weighted by molar-refractivity contribution is 0.150. The molecule has 0 aliphatic carbocycles. The molecule has 2 N–H and O–H groups in total. The normalized spacial score (nSPS) is 22.7. The van der Waals surface area contributed by atoms with Crippen molar-refractivity contribution >= 4 is 41.7 Å². The Morgan fingerprint density at radius 2 is 2.15 bits per heavy atom. The van der Waals surface area contributed by atoms with Crippen LogP contribution in [0.3, 0.4) is 0 Å². The van der Waals surface area contributed by atoms with Crippen molar-refractivity contribution in [2.75, 3.05) is 38.5 Å². The van der Waals surface area contributed by atoms with Gasteiger partial charge in [0, 0.05) is 18.3 Å². The molecule has 5 nitrogen and oxygen atoms in total. The van der Waals surface area contributed by atoms with Gasteiger partial charge in [-0.3, -0.25) is 9.89 Å². The predicted octanol–water partition coefficient (Wildman–Crippen LogP) is 3.88. The van der Waals surface area contributed by atoms with E-state index in [9.17, 15) is 0 Å². The van der Waals surface area contributed by atoms with Crippen molar-refractivity contribution in [3.05, 3.63) is 24.2 Å². The molecule has 1 aromatic rings. The first-order valence-electron chi connectivity index (χ1n) is 9.78. The van der Waals surface area contributed by atoms with Crippen LogP contribution in [0, 0.1) is 0 Å². The van der Waals surface area contributed by atoms with Crippen molar-refractivity contribution in [1.29, 1.82) is 0 Å². The van der Waals surface area contributed by atoms with Gasteiger partial charge in [-0.1, -0.05) is 6.42 Å². The smallest absolute Gasteiger partial charge is 0.191 e. The van der Waals surface area contributed by atoms with E-state index in [1.165, 1.54) is 37.9 Å². The second-order valence-corrected chi connectivity index (χ2v) is 8.27. The number of hydrogen-bond acceptors (Lipinski definition) is 4. The lowest BCUT2D eigenvalue weighted by Gasteiger charge is -2.32. The largest absolute Gasteiger partial charge is 0.468 e. The van der Waals surface area contributed by atoms with Crippen LogP contribution in [0.2, 0.25) is 0 Å². The van der Waals surface area contributed by atoms with E-state index in [1.54, 1.807) is 6.26 Å². The molecule has 0 spiro atoms. The van der Waals surface area contributed by atoms with E-state index in [2.05, 4.69) is 40.3 Å². The summed E-state index contributed by atoms with van der Waals surface area (Å²) in [6.45, 7) is 7.04. The standard InChI is InChI=1S/C19H32N4OS.HI/c1-2-20-19(21-14-16-8-7-13-25-16)22-15-17(18-9-6-12-24-18)23-10-4-3-5-11-23;/h6,9,12,16-17H,2-5,7-8,10-11,13-15H2,1H3,(H2,20,21,22);1H. The number of likely N-dealkylation sites (tertiary alicyclic amines) is 1. The molecule has 0 bridgehead atoms. The van der Waals surface area contributed by atoms with Gasteiger partial charge in [0.15, 0.2) is 5.96 Å². The zero-order valence-corrected chi connectivity index (χ0v) is 18.9. The highest BCUT2D eigenvalue weighted by Gasteiger charge is 2.24. The van der Waals surface area contributed by atoms with E-state index in [1.807, 2.05) is 6.07 Å². The summed E-state index contributed by atoms with van der Waals surface area (Å²) in [6.07, 6.45) is 8.33. The molecule has 0 radical (unpaired) electrons. The number of halogens is 1. The number of piperidine rings is 1. The zero-order chi connectivity index (χ0) is 17.3. The van der Waals surface area contributed by atoms with Crippen molar-refractivity contribution in [1.82, 2.24) is 15.5 Å². The molecule has 26 heavy (non-hydrogen) atoms. The minimum absolute atomic E-state index is 0. The van der Waals surface area contributed by atoms with Gasteiger partial charge in [0.2, 0.25) is 0 Å². The van der Waals surface area contributed by atoms with Gasteiger partial charge < -0.3 is 15.1 Å². The predicted molar refractivity (Wildman–Crippen MR) is 122 cm³/mol. The lowest BCUT2D eigenvalue weighted by atomic mass is 10.1. The van der Waals surface area contributed by atoms with Crippen LogP contribution in [0.4, 0.5) is 0 Å². The maximum atomic E-state index is 5.73. The van der Waals surface area contributed by atoms with Crippen LogP contribution in [0.15, 0.2) is 27.8 Å². The van der Waals surface area contributed by atoms with Gasteiger partial charge in [0.25, 0.3) is 0 Å². The second-order valence-electron chi connectivity index (χ2n) is 6.86. The summed E-state index contributed by atoms with van der Waals surface area (Å²) in [5, 5.41) is 7.65. The molecule has 0 aromatic carbocycles. The van der Waals surface area contributed by atoms with E-state index in [0.717, 1.165) is 49.7 Å². The van der Waals surface area contributed by atoms with Crippen LogP contribution in [0.5, 0.6) is 0 Å². The SMILES string of the molecule is CCNC(=NCC(c1ccco1)N1CCCCC1)NCC1CCCS1.I. The molecule has 2 aliphatic heterocycles. The fourth-order valence-corrected chi connectivity index (χ4v) is 4.83. The van der Waals surface area contributed by atoms with Gasteiger partial charge in [-0.25, -0.2) is 0 Å². The van der Waals surface area contributed by atoms with Crippen molar-refractivity contribution in [2.24, 2.45) is 4.99 Å². The quantitative estimate of drug-likeness (QED) is 0.344. The number of guanidine groups is 1. The summed E-state index contributed by atoms with van der Waals surface area (Å²) in [7, 11) is 0. The topological polar surface area (TPSA) is 52.8 Å². The van der Waals surface area contributed by atoms with E-state index in [-0.39, 0.29) is 30.0 Å².